The van der Waals surface area contributed by atoms with Gasteiger partial charge < -0.3 is 10.2 Å². The van der Waals surface area contributed by atoms with Gasteiger partial charge in [-0.2, -0.15) is 0 Å². The van der Waals surface area contributed by atoms with Gasteiger partial charge in [0.15, 0.2) is 12.6 Å². The van der Waals surface area contributed by atoms with Gasteiger partial charge in [0.2, 0.25) is 0 Å². The van der Waals surface area contributed by atoms with Crippen LogP contribution in [0.2, 0.25) is 0 Å². The Bertz CT molecular complexity index is 400. The number of benzene rings is 1. The summed E-state index contributed by atoms with van der Waals surface area (Å²) in [5.41, 5.74) is 0.0233. The molecular formula is C11H10O4. The molecule has 0 fully saturated rings. The van der Waals surface area contributed by atoms with Crippen molar-refractivity contribution in [1.82, 2.24) is 0 Å². The molecule has 4 heteroatoms. The molecule has 0 aliphatic heterocycles. The SMILES string of the molecule is C/C=C/c1c(O)c(C=O)cc(C=O)c1O. The zero-order valence-corrected chi connectivity index (χ0v) is 8.10. The maximum absolute atomic E-state index is 10.6. The van der Waals surface area contributed by atoms with Gasteiger partial charge in [-0.15, -0.1) is 0 Å². The first kappa shape index (κ1) is 11.0. The van der Waals surface area contributed by atoms with Crippen LogP contribution in [0.4, 0.5) is 0 Å². The van der Waals surface area contributed by atoms with E-state index in [1.165, 1.54) is 6.08 Å². The second kappa shape index (κ2) is 4.41. The third-order valence-electron chi connectivity index (χ3n) is 1.96. The summed E-state index contributed by atoms with van der Waals surface area (Å²) in [5, 5.41) is 19.1. The minimum absolute atomic E-state index is 0.0250. The molecule has 0 bridgehead atoms. The van der Waals surface area contributed by atoms with Crippen LogP contribution in [-0.2, 0) is 0 Å². The summed E-state index contributed by atoms with van der Waals surface area (Å²) in [7, 11) is 0. The minimum Gasteiger partial charge on any atom is -0.506 e. The zero-order chi connectivity index (χ0) is 11.4. The number of aromatic hydroxyl groups is 2. The number of hydrogen-bond acceptors (Lipinski definition) is 4. The molecule has 1 aromatic carbocycles. The molecule has 1 rings (SSSR count). The normalized spacial score (nSPS) is 10.5. The van der Waals surface area contributed by atoms with Crippen molar-refractivity contribution in [2.45, 2.75) is 6.92 Å². The Morgan fingerprint density at radius 1 is 1.07 bits per heavy atom. The molecule has 0 amide bonds. The average molecular weight is 206 g/mol. The van der Waals surface area contributed by atoms with Crippen LogP contribution in [0.1, 0.15) is 33.2 Å². The van der Waals surface area contributed by atoms with Crippen molar-refractivity contribution >= 4 is 18.6 Å². The number of carbonyl (C=O) groups is 2. The van der Waals surface area contributed by atoms with Crippen molar-refractivity contribution < 1.29 is 19.8 Å². The Kier molecular flexibility index (Phi) is 3.23. The molecule has 0 heterocycles. The lowest BCUT2D eigenvalue weighted by molar-refractivity contribution is 0.111. The van der Waals surface area contributed by atoms with Crippen molar-refractivity contribution in [2.75, 3.05) is 0 Å². The first-order chi connectivity index (χ1) is 7.15. The van der Waals surface area contributed by atoms with Crippen LogP contribution < -0.4 is 0 Å². The van der Waals surface area contributed by atoms with Crippen LogP contribution in [-0.4, -0.2) is 22.8 Å². The fourth-order valence-electron chi connectivity index (χ4n) is 1.23. The number of hydrogen-bond donors (Lipinski definition) is 2. The van der Waals surface area contributed by atoms with Crippen molar-refractivity contribution in [1.29, 1.82) is 0 Å². The Balaban J connectivity index is 3.59. The van der Waals surface area contributed by atoms with Gasteiger partial charge in [-0.05, 0) is 13.0 Å². The lowest BCUT2D eigenvalue weighted by atomic mass is 10.0. The number of rotatable bonds is 3. The highest BCUT2D eigenvalue weighted by Crippen LogP contribution is 2.33. The number of carbonyl (C=O) groups excluding carboxylic acids is 2. The lowest BCUT2D eigenvalue weighted by Crippen LogP contribution is -1.91. The van der Waals surface area contributed by atoms with E-state index in [-0.39, 0.29) is 28.2 Å². The van der Waals surface area contributed by atoms with E-state index in [2.05, 4.69) is 0 Å². The van der Waals surface area contributed by atoms with Crippen molar-refractivity contribution in [3.05, 3.63) is 28.8 Å². The van der Waals surface area contributed by atoms with Gasteiger partial charge in [-0.25, -0.2) is 0 Å². The van der Waals surface area contributed by atoms with Crippen LogP contribution in [0.5, 0.6) is 11.5 Å². The molecule has 1 aromatic rings. The maximum atomic E-state index is 10.6. The van der Waals surface area contributed by atoms with Crippen molar-refractivity contribution in [3.8, 4) is 11.5 Å². The maximum Gasteiger partial charge on any atom is 0.153 e. The number of aldehydes is 2. The van der Waals surface area contributed by atoms with Gasteiger partial charge in [0.25, 0.3) is 0 Å². The summed E-state index contributed by atoms with van der Waals surface area (Å²) in [6.07, 6.45) is 3.85. The Hall–Kier alpha value is -2.10. The molecule has 0 aliphatic carbocycles. The molecule has 0 unspecified atom stereocenters. The minimum atomic E-state index is -0.328. The first-order valence-corrected chi connectivity index (χ1v) is 4.27. The highest BCUT2D eigenvalue weighted by atomic mass is 16.3. The fraction of sp³-hybridized carbons (Fsp3) is 0.0909. The van der Waals surface area contributed by atoms with Crippen LogP contribution in [0.3, 0.4) is 0 Å². The van der Waals surface area contributed by atoms with Gasteiger partial charge in [0.05, 0.1) is 16.7 Å². The van der Waals surface area contributed by atoms with Crippen molar-refractivity contribution in [3.63, 3.8) is 0 Å². The monoisotopic (exact) mass is 206 g/mol. The standard InChI is InChI=1S/C11H10O4/c1-2-3-9-10(14)7(5-12)4-8(6-13)11(9)15/h2-6,14-15H,1H3/b3-2+. The molecular weight excluding hydrogens is 196 g/mol. The molecule has 0 saturated carbocycles. The number of phenolic OH excluding ortho intramolecular Hbond substituents is 2. The van der Waals surface area contributed by atoms with E-state index < -0.39 is 0 Å². The Morgan fingerprint density at radius 3 is 1.87 bits per heavy atom. The second-order valence-electron chi connectivity index (χ2n) is 2.90. The first-order valence-electron chi connectivity index (χ1n) is 4.27. The quantitative estimate of drug-likeness (QED) is 0.739. The van der Waals surface area contributed by atoms with Crippen LogP contribution >= 0.6 is 0 Å². The molecule has 2 N–H and O–H groups in total. The van der Waals surface area contributed by atoms with Crippen LogP contribution in [0, 0.1) is 0 Å². The number of phenols is 2. The third kappa shape index (κ3) is 1.88. The fourth-order valence-corrected chi connectivity index (χ4v) is 1.23. The summed E-state index contributed by atoms with van der Waals surface area (Å²) in [6, 6.07) is 1.14. The molecule has 15 heavy (non-hydrogen) atoms. The molecule has 0 aromatic heterocycles. The summed E-state index contributed by atoms with van der Waals surface area (Å²) < 4.78 is 0. The summed E-state index contributed by atoms with van der Waals surface area (Å²) >= 11 is 0. The lowest BCUT2D eigenvalue weighted by Gasteiger charge is -2.07. The molecule has 78 valence electrons. The molecule has 0 atom stereocenters. The zero-order valence-electron chi connectivity index (χ0n) is 8.10. The summed E-state index contributed by atoms with van der Waals surface area (Å²) in [4.78, 5) is 21.2. The smallest absolute Gasteiger partial charge is 0.153 e. The van der Waals surface area contributed by atoms with Crippen LogP contribution in [0.15, 0.2) is 12.1 Å². The predicted octanol–water partition coefficient (Wildman–Crippen LogP) is 1.76. The van der Waals surface area contributed by atoms with E-state index >= 15 is 0 Å². The van der Waals surface area contributed by atoms with E-state index in [0.717, 1.165) is 6.07 Å². The highest BCUT2D eigenvalue weighted by Gasteiger charge is 2.14. The summed E-state index contributed by atoms with van der Waals surface area (Å²) in [6.45, 7) is 1.69. The average Bonchev–Trinajstić information content (AvgIpc) is 2.25. The Morgan fingerprint density at radius 2 is 1.53 bits per heavy atom. The number of allylic oxidation sites excluding steroid dienone is 1. The highest BCUT2D eigenvalue weighted by molar-refractivity contribution is 5.91. The molecule has 0 saturated heterocycles. The predicted molar refractivity (Wildman–Crippen MR) is 55.3 cm³/mol. The van der Waals surface area contributed by atoms with E-state index in [0.29, 0.717) is 12.6 Å². The van der Waals surface area contributed by atoms with E-state index in [1.807, 2.05) is 0 Å². The largest absolute Gasteiger partial charge is 0.506 e. The van der Waals surface area contributed by atoms with E-state index in [4.69, 9.17) is 0 Å². The van der Waals surface area contributed by atoms with Gasteiger partial charge >= 0.3 is 0 Å². The van der Waals surface area contributed by atoms with Gasteiger partial charge in [0.1, 0.15) is 11.5 Å². The van der Waals surface area contributed by atoms with Crippen molar-refractivity contribution in [2.24, 2.45) is 0 Å². The van der Waals surface area contributed by atoms with Gasteiger partial charge in [-0.1, -0.05) is 12.2 Å². The van der Waals surface area contributed by atoms with E-state index in [1.54, 1.807) is 13.0 Å². The van der Waals surface area contributed by atoms with Crippen LogP contribution in [0.25, 0.3) is 6.08 Å². The second-order valence-corrected chi connectivity index (χ2v) is 2.90. The molecule has 0 spiro atoms. The molecule has 4 nitrogen and oxygen atoms in total. The third-order valence-corrected chi connectivity index (χ3v) is 1.96. The summed E-state index contributed by atoms with van der Waals surface area (Å²) in [5.74, 6) is -0.655. The Labute approximate surface area is 86.5 Å². The van der Waals surface area contributed by atoms with Gasteiger partial charge in [-0.3, -0.25) is 9.59 Å². The van der Waals surface area contributed by atoms with Gasteiger partial charge in [0, 0.05) is 0 Å². The van der Waals surface area contributed by atoms with E-state index in [9.17, 15) is 19.8 Å². The topological polar surface area (TPSA) is 74.6 Å². The molecule has 0 radical (unpaired) electrons. The molecule has 0 aliphatic rings.